The molecule has 0 unspecified atom stereocenters. The summed E-state index contributed by atoms with van der Waals surface area (Å²) in [6, 6.07) is 5.00. The van der Waals surface area contributed by atoms with Gasteiger partial charge in [0, 0.05) is 28.4 Å². The van der Waals surface area contributed by atoms with Crippen LogP contribution in [0.3, 0.4) is 0 Å². The molecule has 0 spiro atoms. The molecule has 1 N–H and O–H groups in total. The van der Waals surface area contributed by atoms with Gasteiger partial charge in [0.2, 0.25) is 0 Å². The number of ketones is 1. The van der Waals surface area contributed by atoms with E-state index in [1.54, 1.807) is 18.2 Å². The van der Waals surface area contributed by atoms with Gasteiger partial charge in [0.15, 0.2) is 5.78 Å². The van der Waals surface area contributed by atoms with Crippen LogP contribution in [0.2, 0.25) is 0 Å². The standard InChI is InChI=1S/C12H10BrClO3/c13-10-7-9(11(15)5-6-14)2-1-8(10)3-4-12(16)17/h1-4,7H,5-6H2,(H,16,17)/b4-3+. The lowest BCUT2D eigenvalue weighted by atomic mass is 10.1. The van der Waals surface area contributed by atoms with Crippen LogP contribution < -0.4 is 0 Å². The molecule has 1 aromatic rings. The summed E-state index contributed by atoms with van der Waals surface area (Å²) in [4.78, 5) is 21.9. The van der Waals surface area contributed by atoms with Crippen LogP contribution in [-0.4, -0.2) is 22.7 Å². The van der Waals surface area contributed by atoms with Crippen LogP contribution in [0.1, 0.15) is 22.3 Å². The fraction of sp³-hybridized carbons (Fsp3) is 0.167. The van der Waals surface area contributed by atoms with Crippen molar-refractivity contribution < 1.29 is 14.7 Å². The second-order valence-corrected chi connectivity index (χ2v) is 4.50. The van der Waals surface area contributed by atoms with Gasteiger partial charge in [-0.05, 0) is 17.7 Å². The van der Waals surface area contributed by atoms with Gasteiger partial charge in [0.05, 0.1) is 0 Å². The van der Waals surface area contributed by atoms with Crippen molar-refractivity contribution in [2.24, 2.45) is 0 Å². The van der Waals surface area contributed by atoms with E-state index in [1.165, 1.54) is 6.08 Å². The Hall–Kier alpha value is -1.13. The molecule has 0 heterocycles. The number of rotatable bonds is 5. The number of carboxylic acid groups (broad SMARTS) is 1. The van der Waals surface area contributed by atoms with E-state index in [1.807, 2.05) is 0 Å². The summed E-state index contributed by atoms with van der Waals surface area (Å²) in [6.07, 6.45) is 2.79. The highest BCUT2D eigenvalue weighted by molar-refractivity contribution is 9.10. The Morgan fingerprint density at radius 2 is 2.12 bits per heavy atom. The average Bonchev–Trinajstić information content (AvgIpc) is 2.27. The summed E-state index contributed by atoms with van der Waals surface area (Å²) in [5.41, 5.74) is 1.26. The van der Waals surface area contributed by atoms with Gasteiger partial charge in [-0.2, -0.15) is 0 Å². The summed E-state index contributed by atoms with van der Waals surface area (Å²) in [5.74, 6) is -0.759. The predicted octanol–water partition coefficient (Wildman–Crippen LogP) is 3.36. The SMILES string of the molecule is O=C(O)/C=C/c1ccc(C(=O)CCCl)cc1Br. The molecule has 0 fully saturated rings. The van der Waals surface area contributed by atoms with Gasteiger partial charge >= 0.3 is 5.97 Å². The van der Waals surface area contributed by atoms with Gasteiger partial charge in [-0.25, -0.2) is 4.79 Å². The summed E-state index contributed by atoms with van der Waals surface area (Å²) in [7, 11) is 0. The molecule has 3 nitrogen and oxygen atoms in total. The summed E-state index contributed by atoms with van der Waals surface area (Å²) < 4.78 is 0.676. The first-order chi connectivity index (χ1) is 8.04. The minimum atomic E-state index is -1.01. The van der Waals surface area contributed by atoms with E-state index in [4.69, 9.17) is 16.7 Å². The molecule has 0 aromatic heterocycles. The minimum Gasteiger partial charge on any atom is -0.478 e. The fourth-order valence-electron chi connectivity index (χ4n) is 1.23. The van der Waals surface area contributed by atoms with Crippen LogP contribution in [0.5, 0.6) is 0 Å². The molecule has 0 aliphatic rings. The molecule has 0 saturated heterocycles. The molecule has 1 rings (SSSR count). The monoisotopic (exact) mass is 316 g/mol. The summed E-state index contributed by atoms with van der Waals surface area (Å²) >= 11 is 8.78. The highest BCUT2D eigenvalue weighted by atomic mass is 79.9. The average molecular weight is 318 g/mol. The molecule has 0 saturated carbocycles. The number of hydrogen-bond acceptors (Lipinski definition) is 2. The number of benzene rings is 1. The Labute approximate surface area is 112 Å². The normalized spacial score (nSPS) is 10.7. The number of carbonyl (C=O) groups is 2. The summed E-state index contributed by atoms with van der Waals surface area (Å²) in [5, 5.41) is 8.51. The molecular weight excluding hydrogens is 307 g/mol. The Bertz CT molecular complexity index is 469. The number of Topliss-reactive ketones (excluding diaryl/α,β-unsaturated/α-hetero) is 1. The van der Waals surface area contributed by atoms with Gasteiger partial charge in [-0.3, -0.25) is 4.79 Å². The van der Waals surface area contributed by atoms with E-state index in [2.05, 4.69) is 15.9 Å². The fourth-order valence-corrected chi connectivity index (χ4v) is 1.91. The maximum absolute atomic E-state index is 11.6. The Balaban J connectivity index is 2.93. The third-order valence-corrected chi connectivity index (χ3v) is 2.93. The van der Waals surface area contributed by atoms with E-state index in [0.29, 0.717) is 15.6 Å². The molecule has 1 aromatic carbocycles. The van der Waals surface area contributed by atoms with Crippen molar-refractivity contribution >= 4 is 45.4 Å². The molecule has 90 valence electrons. The van der Waals surface area contributed by atoms with Crippen molar-refractivity contribution in [1.29, 1.82) is 0 Å². The largest absolute Gasteiger partial charge is 0.478 e. The van der Waals surface area contributed by atoms with Crippen molar-refractivity contribution in [2.75, 3.05) is 5.88 Å². The molecule has 0 atom stereocenters. The van der Waals surface area contributed by atoms with Gasteiger partial charge in [-0.15, -0.1) is 11.6 Å². The van der Waals surface area contributed by atoms with E-state index in [-0.39, 0.29) is 18.1 Å². The molecule has 0 bridgehead atoms. The van der Waals surface area contributed by atoms with Crippen LogP contribution in [-0.2, 0) is 4.79 Å². The van der Waals surface area contributed by atoms with Crippen molar-refractivity contribution in [3.63, 3.8) is 0 Å². The van der Waals surface area contributed by atoms with Gasteiger partial charge in [-0.1, -0.05) is 28.1 Å². The molecule has 17 heavy (non-hydrogen) atoms. The molecule has 0 amide bonds. The Morgan fingerprint density at radius 3 is 2.65 bits per heavy atom. The lowest BCUT2D eigenvalue weighted by Crippen LogP contribution is -1.99. The zero-order valence-corrected chi connectivity index (χ0v) is 11.2. The maximum Gasteiger partial charge on any atom is 0.328 e. The van der Waals surface area contributed by atoms with E-state index in [9.17, 15) is 9.59 Å². The second-order valence-electron chi connectivity index (χ2n) is 3.27. The highest BCUT2D eigenvalue weighted by Crippen LogP contribution is 2.21. The number of hydrogen-bond donors (Lipinski definition) is 1. The zero-order valence-electron chi connectivity index (χ0n) is 8.82. The predicted molar refractivity (Wildman–Crippen MR) is 70.5 cm³/mol. The van der Waals surface area contributed by atoms with Gasteiger partial charge < -0.3 is 5.11 Å². The molecule has 0 aliphatic heterocycles. The first-order valence-corrected chi connectivity index (χ1v) is 6.17. The molecule has 0 aliphatic carbocycles. The third-order valence-electron chi connectivity index (χ3n) is 2.05. The van der Waals surface area contributed by atoms with Crippen LogP contribution in [0.4, 0.5) is 0 Å². The number of alkyl halides is 1. The third kappa shape index (κ3) is 4.32. The van der Waals surface area contributed by atoms with Crippen LogP contribution in [0, 0.1) is 0 Å². The zero-order chi connectivity index (χ0) is 12.8. The molecular formula is C12H10BrClO3. The number of carbonyl (C=O) groups excluding carboxylic acids is 1. The minimum absolute atomic E-state index is 0.0329. The van der Waals surface area contributed by atoms with Crippen molar-refractivity contribution in [2.45, 2.75) is 6.42 Å². The second kappa shape index (κ2) is 6.57. The highest BCUT2D eigenvalue weighted by Gasteiger charge is 2.07. The number of halogens is 2. The lowest BCUT2D eigenvalue weighted by Gasteiger charge is -2.02. The smallest absolute Gasteiger partial charge is 0.328 e. The maximum atomic E-state index is 11.6. The quantitative estimate of drug-likeness (QED) is 0.515. The Kier molecular flexibility index (Phi) is 5.38. The van der Waals surface area contributed by atoms with Crippen molar-refractivity contribution in [3.05, 3.63) is 39.9 Å². The van der Waals surface area contributed by atoms with Crippen molar-refractivity contribution in [1.82, 2.24) is 0 Å². The number of aliphatic carboxylic acids is 1. The van der Waals surface area contributed by atoms with E-state index < -0.39 is 5.97 Å². The topological polar surface area (TPSA) is 54.4 Å². The van der Waals surface area contributed by atoms with Crippen LogP contribution in [0.25, 0.3) is 6.08 Å². The van der Waals surface area contributed by atoms with Gasteiger partial charge in [0.25, 0.3) is 0 Å². The summed E-state index contributed by atoms with van der Waals surface area (Å²) in [6.45, 7) is 0. The van der Waals surface area contributed by atoms with Crippen LogP contribution >= 0.6 is 27.5 Å². The van der Waals surface area contributed by atoms with Crippen LogP contribution in [0.15, 0.2) is 28.7 Å². The first kappa shape index (κ1) is 13.9. The molecule has 0 radical (unpaired) electrons. The van der Waals surface area contributed by atoms with E-state index in [0.717, 1.165) is 6.08 Å². The Morgan fingerprint density at radius 1 is 1.41 bits per heavy atom. The van der Waals surface area contributed by atoms with Gasteiger partial charge in [0.1, 0.15) is 0 Å². The van der Waals surface area contributed by atoms with Crippen molar-refractivity contribution in [3.8, 4) is 0 Å². The first-order valence-electron chi connectivity index (χ1n) is 4.84. The molecule has 5 heteroatoms. The lowest BCUT2D eigenvalue weighted by molar-refractivity contribution is -0.131. The number of carboxylic acids is 1. The van der Waals surface area contributed by atoms with E-state index >= 15 is 0 Å².